The number of hydrogen-bond acceptors (Lipinski definition) is 3. The molecule has 4 heteroatoms. The number of hydrogen-bond donors (Lipinski definition) is 1. The molecule has 21 heavy (non-hydrogen) atoms. The van der Waals surface area contributed by atoms with Gasteiger partial charge in [0.2, 0.25) is 0 Å². The molecule has 1 fully saturated rings. The highest BCUT2D eigenvalue weighted by atomic mass is 35.5. The van der Waals surface area contributed by atoms with Crippen LogP contribution in [0.15, 0.2) is 36.4 Å². The van der Waals surface area contributed by atoms with Crippen LogP contribution in [0.1, 0.15) is 12.8 Å². The first-order valence-corrected chi connectivity index (χ1v) is 8.24. The van der Waals surface area contributed by atoms with Gasteiger partial charge in [0.05, 0.1) is 6.61 Å². The average Bonchev–Trinajstić information content (AvgIpc) is 2.55. The second-order valence-corrected chi connectivity index (χ2v) is 6.37. The summed E-state index contributed by atoms with van der Waals surface area (Å²) < 4.78 is 11.6. The van der Waals surface area contributed by atoms with E-state index in [2.05, 4.69) is 12.6 Å². The van der Waals surface area contributed by atoms with Crippen molar-refractivity contribution in [2.45, 2.75) is 12.8 Å². The van der Waals surface area contributed by atoms with Crippen LogP contribution in [-0.2, 0) is 4.74 Å². The van der Waals surface area contributed by atoms with Gasteiger partial charge in [-0.05, 0) is 30.7 Å². The van der Waals surface area contributed by atoms with Crippen molar-refractivity contribution in [3.05, 3.63) is 41.4 Å². The third-order valence-electron chi connectivity index (χ3n) is 4.25. The molecule has 2 aromatic rings. The summed E-state index contributed by atoms with van der Waals surface area (Å²) in [6.07, 6.45) is 2.00. The van der Waals surface area contributed by atoms with E-state index in [9.17, 15) is 0 Å². The Morgan fingerprint density at radius 2 is 1.81 bits per heavy atom. The van der Waals surface area contributed by atoms with Crippen molar-refractivity contribution in [2.24, 2.45) is 5.41 Å². The van der Waals surface area contributed by atoms with E-state index in [0.717, 1.165) is 53.4 Å². The molecule has 0 atom stereocenters. The SMILES string of the molecule is SCC1(COc2ccc(Cl)c3ccccc23)CCOCC1. The molecule has 0 amide bonds. The van der Waals surface area contributed by atoms with Crippen molar-refractivity contribution < 1.29 is 9.47 Å². The topological polar surface area (TPSA) is 18.5 Å². The summed E-state index contributed by atoms with van der Waals surface area (Å²) >= 11 is 10.8. The highest BCUT2D eigenvalue weighted by Gasteiger charge is 2.32. The molecule has 0 radical (unpaired) electrons. The lowest BCUT2D eigenvalue weighted by Crippen LogP contribution is -2.36. The zero-order valence-electron chi connectivity index (χ0n) is 11.8. The molecule has 0 spiro atoms. The highest BCUT2D eigenvalue weighted by Crippen LogP contribution is 2.35. The minimum Gasteiger partial charge on any atom is -0.492 e. The number of benzene rings is 2. The normalized spacial score (nSPS) is 17.8. The van der Waals surface area contributed by atoms with E-state index >= 15 is 0 Å². The first-order chi connectivity index (χ1) is 10.2. The predicted molar refractivity (Wildman–Crippen MR) is 90.8 cm³/mol. The molecule has 0 bridgehead atoms. The summed E-state index contributed by atoms with van der Waals surface area (Å²) in [5.41, 5.74) is 0.113. The molecule has 0 unspecified atom stereocenters. The van der Waals surface area contributed by atoms with Crippen molar-refractivity contribution in [2.75, 3.05) is 25.6 Å². The van der Waals surface area contributed by atoms with E-state index in [-0.39, 0.29) is 5.41 Å². The minimum absolute atomic E-state index is 0.113. The molecular weight excluding hydrogens is 304 g/mol. The van der Waals surface area contributed by atoms with Crippen molar-refractivity contribution in [3.63, 3.8) is 0 Å². The van der Waals surface area contributed by atoms with Gasteiger partial charge in [-0.2, -0.15) is 12.6 Å². The Kier molecular flexibility index (Phi) is 4.63. The maximum absolute atomic E-state index is 6.25. The lowest BCUT2D eigenvalue weighted by Gasteiger charge is -2.35. The monoisotopic (exact) mass is 322 g/mol. The van der Waals surface area contributed by atoms with Gasteiger partial charge in [-0.3, -0.25) is 0 Å². The van der Waals surface area contributed by atoms with Crippen LogP contribution in [0.3, 0.4) is 0 Å². The zero-order chi connectivity index (χ0) is 14.7. The molecule has 1 aliphatic heterocycles. The fourth-order valence-electron chi connectivity index (χ4n) is 2.74. The molecule has 0 aromatic heterocycles. The second-order valence-electron chi connectivity index (χ2n) is 5.65. The zero-order valence-corrected chi connectivity index (χ0v) is 13.5. The Labute approximate surface area is 135 Å². The second kappa shape index (κ2) is 6.47. The van der Waals surface area contributed by atoms with Crippen LogP contribution in [0.4, 0.5) is 0 Å². The first-order valence-electron chi connectivity index (χ1n) is 7.23. The Morgan fingerprint density at radius 3 is 2.52 bits per heavy atom. The Bertz CT molecular complexity index is 623. The fourth-order valence-corrected chi connectivity index (χ4v) is 3.38. The third-order valence-corrected chi connectivity index (χ3v) is 5.25. The first kappa shape index (κ1) is 15.0. The number of rotatable bonds is 4. The van der Waals surface area contributed by atoms with Crippen LogP contribution < -0.4 is 4.74 Å². The van der Waals surface area contributed by atoms with Crippen molar-refractivity contribution in [1.29, 1.82) is 0 Å². The maximum atomic E-state index is 6.25. The number of thiol groups is 1. The van der Waals surface area contributed by atoms with Crippen molar-refractivity contribution in [3.8, 4) is 5.75 Å². The quantitative estimate of drug-likeness (QED) is 0.829. The summed E-state index contributed by atoms with van der Waals surface area (Å²) in [5, 5.41) is 2.85. The molecule has 112 valence electrons. The van der Waals surface area contributed by atoms with Crippen LogP contribution in [0.2, 0.25) is 5.02 Å². The molecular formula is C17H19ClO2S. The molecule has 0 saturated carbocycles. The fraction of sp³-hybridized carbons (Fsp3) is 0.412. The van der Waals surface area contributed by atoms with Gasteiger partial charge in [0.15, 0.2) is 0 Å². The molecule has 0 N–H and O–H groups in total. The third kappa shape index (κ3) is 3.15. The van der Waals surface area contributed by atoms with E-state index in [1.165, 1.54) is 0 Å². The van der Waals surface area contributed by atoms with Crippen LogP contribution in [0.5, 0.6) is 5.75 Å². The summed E-state index contributed by atoms with van der Waals surface area (Å²) in [5.74, 6) is 1.71. The van der Waals surface area contributed by atoms with Crippen molar-refractivity contribution >= 4 is 35.0 Å². The maximum Gasteiger partial charge on any atom is 0.127 e. The molecule has 1 heterocycles. The molecule has 1 aliphatic rings. The van der Waals surface area contributed by atoms with Gasteiger partial charge in [-0.15, -0.1) is 0 Å². The van der Waals surface area contributed by atoms with Crippen LogP contribution in [0.25, 0.3) is 10.8 Å². The molecule has 0 aliphatic carbocycles. The van der Waals surface area contributed by atoms with E-state index in [4.69, 9.17) is 21.1 Å². The summed E-state index contributed by atoms with van der Waals surface area (Å²) in [6, 6.07) is 11.9. The van der Waals surface area contributed by atoms with Crippen molar-refractivity contribution in [1.82, 2.24) is 0 Å². The number of ether oxygens (including phenoxy) is 2. The van der Waals surface area contributed by atoms with Gasteiger partial charge in [0.1, 0.15) is 5.75 Å². The average molecular weight is 323 g/mol. The number of fused-ring (bicyclic) bond motifs is 1. The summed E-state index contributed by atoms with van der Waals surface area (Å²) in [4.78, 5) is 0. The molecule has 1 saturated heterocycles. The van der Waals surface area contributed by atoms with Gasteiger partial charge in [-0.1, -0.05) is 35.9 Å². The van der Waals surface area contributed by atoms with Gasteiger partial charge in [-0.25, -0.2) is 0 Å². The van der Waals surface area contributed by atoms with Gasteiger partial charge in [0.25, 0.3) is 0 Å². The molecule has 2 nitrogen and oxygen atoms in total. The smallest absolute Gasteiger partial charge is 0.127 e. The van der Waals surface area contributed by atoms with Gasteiger partial charge in [0, 0.05) is 34.4 Å². The largest absolute Gasteiger partial charge is 0.492 e. The predicted octanol–water partition coefficient (Wildman–Crippen LogP) is 4.60. The van der Waals surface area contributed by atoms with Gasteiger partial charge >= 0.3 is 0 Å². The Morgan fingerprint density at radius 1 is 1.10 bits per heavy atom. The van der Waals surface area contributed by atoms with E-state index < -0.39 is 0 Å². The Balaban J connectivity index is 1.83. The van der Waals surface area contributed by atoms with Crippen LogP contribution in [0, 0.1) is 5.41 Å². The van der Waals surface area contributed by atoms with E-state index in [1.54, 1.807) is 0 Å². The highest BCUT2D eigenvalue weighted by molar-refractivity contribution is 7.80. The standard InChI is InChI=1S/C17H19ClO2S/c18-15-5-6-16(14-4-2-1-3-13(14)15)20-11-17(12-21)7-9-19-10-8-17/h1-6,21H,7-12H2. The van der Waals surface area contributed by atoms with Crippen LogP contribution >= 0.6 is 24.2 Å². The summed E-state index contributed by atoms with van der Waals surface area (Å²) in [7, 11) is 0. The Hall–Kier alpha value is -0.900. The van der Waals surface area contributed by atoms with E-state index in [1.807, 2.05) is 36.4 Å². The minimum atomic E-state index is 0.113. The van der Waals surface area contributed by atoms with Crippen LogP contribution in [-0.4, -0.2) is 25.6 Å². The number of halogens is 1. The van der Waals surface area contributed by atoms with E-state index in [0.29, 0.717) is 6.61 Å². The lowest BCUT2D eigenvalue weighted by molar-refractivity contribution is 0.00339. The lowest BCUT2D eigenvalue weighted by atomic mass is 9.83. The molecule has 2 aromatic carbocycles. The molecule has 3 rings (SSSR count). The summed E-state index contributed by atoms with van der Waals surface area (Å²) in [6.45, 7) is 2.27. The van der Waals surface area contributed by atoms with Gasteiger partial charge < -0.3 is 9.47 Å².